The molecule has 2 nitrogen and oxygen atoms in total. The molecule has 94 valence electrons. The molecule has 4 heteroatoms. The average Bonchev–Trinajstić information content (AvgIpc) is 2.38. The van der Waals surface area contributed by atoms with Gasteiger partial charge in [-0.05, 0) is 58.7 Å². The van der Waals surface area contributed by atoms with Crippen LogP contribution in [0.15, 0.2) is 47.1 Å². The first kappa shape index (κ1) is 13.5. The molecule has 0 amide bonds. The van der Waals surface area contributed by atoms with Crippen molar-refractivity contribution in [3.63, 3.8) is 0 Å². The summed E-state index contributed by atoms with van der Waals surface area (Å²) in [5.41, 5.74) is 8.05. The van der Waals surface area contributed by atoms with Gasteiger partial charge in [0.15, 0.2) is 0 Å². The van der Waals surface area contributed by atoms with E-state index in [1.165, 1.54) is 0 Å². The van der Waals surface area contributed by atoms with Crippen molar-refractivity contribution in [2.24, 2.45) is 5.73 Å². The minimum Gasteiger partial charge on any atom is -0.330 e. The van der Waals surface area contributed by atoms with Gasteiger partial charge >= 0.3 is 0 Å². The van der Waals surface area contributed by atoms with E-state index in [2.05, 4.69) is 27.0 Å². The van der Waals surface area contributed by atoms with E-state index >= 15 is 0 Å². The first-order valence-corrected chi connectivity index (χ1v) is 6.92. The molecule has 2 rings (SSSR count). The maximum Gasteiger partial charge on any atom is 0.0413 e. The molecule has 0 aliphatic rings. The Morgan fingerprint density at radius 2 is 2.11 bits per heavy atom. The minimum atomic E-state index is 0.248. The Morgan fingerprint density at radius 3 is 2.72 bits per heavy atom. The zero-order valence-corrected chi connectivity index (χ0v) is 12.2. The molecule has 0 saturated carbocycles. The van der Waals surface area contributed by atoms with Crippen LogP contribution in [0.3, 0.4) is 0 Å². The summed E-state index contributed by atoms with van der Waals surface area (Å²) in [5.74, 6) is 0.248. The molecule has 0 bridgehead atoms. The Bertz CT molecular complexity index is 513. The van der Waals surface area contributed by atoms with E-state index in [9.17, 15) is 0 Å². The van der Waals surface area contributed by atoms with Crippen molar-refractivity contribution in [2.75, 3.05) is 6.54 Å². The normalized spacial score (nSPS) is 12.4. The first-order valence-electron chi connectivity index (χ1n) is 5.75. The number of hydrogen-bond acceptors (Lipinski definition) is 2. The SMILES string of the molecule is NCC(Cc1ccc(Br)cn1)c1cccc(Cl)c1. The molecule has 0 radical (unpaired) electrons. The fraction of sp³-hybridized carbons (Fsp3) is 0.214. The number of rotatable bonds is 4. The van der Waals surface area contributed by atoms with Crippen LogP contribution >= 0.6 is 27.5 Å². The van der Waals surface area contributed by atoms with E-state index in [1.54, 1.807) is 6.20 Å². The zero-order chi connectivity index (χ0) is 13.0. The fourth-order valence-electron chi connectivity index (χ4n) is 1.88. The summed E-state index contributed by atoms with van der Waals surface area (Å²) in [7, 11) is 0. The molecule has 1 heterocycles. The summed E-state index contributed by atoms with van der Waals surface area (Å²) >= 11 is 9.39. The molecule has 0 fully saturated rings. The zero-order valence-electron chi connectivity index (χ0n) is 9.81. The molecular formula is C14H14BrClN2. The lowest BCUT2D eigenvalue weighted by atomic mass is 9.94. The lowest BCUT2D eigenvalue weighted by Gasteiger charge is -2.15. The predicted octanol–water partition coefficient (Wildman–Crippen LogP) is 3.78. The molecule has 0 aliphatic heterocycles. The van der Waals surface area contributed by atoms with Gasteiger partial charge in [-0.1, -0.05) is 23.7 Å². The van der Waals surface area contributed by atoms with Crippen LogP contribution < -0.4 is 5.73 Å². The van der Waals surface area contributed by atoms with Crippen molar-refractivity contribution >= 4 is 27.5 Å². The Morgan fingerprint density at radius 1 is 1.28 bits per heavy atom. The second kappa shape index (κ2) is 6.32. The Hall–Kier alpha value is -0.900. The van der Waals surface area contributed by atoms with E-state index in [0.717, 1.165) is 27.2 Å². The first-order chi connectivity index (χ1) is 8.69. The molecule has 1 unspecified atom stereocenters. The summed E-state index contributed by atoms with van der Waals surface area (Å²) in [6.45, 7) is 0.581. The largest absolute Gasteiger partial charge is 0.330 e. The minimum absolute atomic E-state index is 0.248. The van der Waals surface area contributed by atoms with E-state index < -0.39 is 0 Å². The second-order valence-corrected chi connectivity index (χ2v) is 5.51. The van der Waals surface area contributed by atoms with Gasteiger partial charge in [-0.2, -0.15) is 0 Å². The molecule has 1 atom stereocenters. The molecule has 1 aromatic carbocycles. The highest BCUT2D eigenvalue weighted by Gasteiger charge is 2.11. The van der Waals surface area contributed by atoms with Crippen molar-refractivity contribution in [3.05, 3.63) is 63.3 Å². The maximum absolute atomic E-state index is 6.01. The van der Waals surface area contributed by atoms with Crippen molar-refractivity contribution in [3.8, 4) is 0 Å². The summed E-state index contributed by atoms with van der Waals surface area (Å²) in [4.78, 5) is 4.38. The molecule has 0 saturated heterocycles. The van der Waals surface area contributed by atoms with Crippen LogP contribution in [0, 0.1) is 0 Å². The lowest BCUT2D eigenvalue weighted by Crippen LogP contribution is -2.15. The molecular weight excluding hydrogens is 312 g/mol. The number of nitrogens with zero attached hydrogens (tertiary/aromatic N) is 1. The van der Waals surface area contributed by atoms with Crippen LogP contribution in [0.25, 0.3) is 0 Å². The van der Waals surface area contributed by atoms with E-state index in [-0.39, 0.29) is 5.92 Å². The lowest BCUT2D eigenvalue weighted by molar-refractivity contribution is 0.682. The van der Waals surface area contributed by atoms with Crippen molar-refractivity contribution in [1.82, 2.24) is 4.98 Å². The topological polar surface area (TPSA) is 38.9 Å². The Labute approximate surface area is 120 Å². The standard InChI is InChI=1S/C14H14BrClN2/c15-12-4-5-14(18-9-12)7-11(8-17)10-2-1-3-13(16)6-10/h1-6,9,11H,7-8,17H2. The van der Waals surface area contributed by atoms with E-state index in [4.69, 9.17) is 17.3 Å². The van der Waals surface area contributed by atoms with Crippen LogP contribution in [0.5, 0.6) is 0 Å². The van der Waals surface area contributed by atoms with Gasteiger partial charge in [0.2, 0.25) is 0 Å². The summed E-state index contributed by atoms with van der Waals surface area (Å²) in [6, 6.07) is 11.9. The van der Waals surface area contributed by atoms with Crippen molar-refractivity contribution < 1.29 is 0 Å². The predicted molar refractivity (Wildman–Crippen MR) is 78.9 cm³/mol. The van der Waals surface area contributed by atoms with Gasteiger partial charge in [0.05, 0.1) is 0 Å². The van der Waals surface area contributed by atoms with Crippen LogP contribution in [0.1, 0.15) is 17.2 Å². The molecule has 2 aromatic rings. The van der Waals surface area contributed by atoms with Gasteiger partial charge in [-0.25, -0.2) is 0 Å². The van der Waals surface area contributed by atoms with Gasteiger partial charge in [-0.15, -0.1) is 0 Å². The van der Waals surface area contributed by atoms with E-state index in [1.807, 2.05) is 30.3 Å². The number of nitrogens with two attached hydrogens (primary N) is 1. The summed E-state index contributed by atoms with van der Waals surface area (Å²) in [6.07, 6.45) is 2.63. The van der Waals surface area contributed by atoms with Crippen LogP contribution in [-0.4, -0.2) is 11.5 Å². The third-order valence-corrected chi connectivity index (χ3v) is 3.55. The highest BCUT2D eigenvalue weighted by Crippen LogP contribution is 2.22. The summed E-state index contributed by atoms with van der Waals surface area (Å²) in [5, 5.41) is 0.745. The smallest absolute Gasteiger partial charge is 0.0413 e. The third-order valence-electron chi connectivity index (χ3n) is 2.85. The molecule has 0 spiro atoms. The molecule has 1 aromatic heterocycles. The van der Waals surface area contributed by atoms with Crippen LogP contribution in [0.2, 0.25) is 5.02 Å². The quantitative estimate of drug-likeness (QED) is 0.929. The number of halogens is 2. The van der Waals surface area contributed by atoms with Gasteiger partial charge in [0.25, 0.3) is 0 Å². The highest BCUT2D eigenvalue weighted by atomic mass is 79.9. The number of hydrogen-bond donors (Lipinski definition) is 1. The fourth-order valence-corrected chi connectivity index (χ4v) is 2.31. The number of aromatic nitrogens is 1. The average molecular weight is 326 g/mol. The Kier molecular flexibility index (Phi) is 4.75. The van der Waals surface area contributed by atoms with Crippen LogP contribution in [-0.2, 0) is 6.42 Å². The van der Waals surface area contributed by atoms with Gasteiger partial charge in [0.1, 0.15) is 0 Å². The molecule has 18 heavy (non-hydrogen) atoms. The van der Waals surface area contributed by atoms with Crippen LogP contribution in [0.4, 0.5) is 0 Å². The van der Waals surface area contributed by atoms with Crippen molar-refractivity contribution in [1.29, 1.82) is 0 Å². The molecule has 0 aliphatic carbocycles. The van der Waals surface area contributed by atoms with Gasteiger partial charge in [0, 0.05) is 27.3 Å². The van der Waals surface area contributed by atoms with Gasteiger partial charge < -0.3 is 5.73 Å². The molecule has 2 N–H and O–H groups in total. The second-order valence-electron chi connectivity index (χ2n) is 4.16. The number of pyridine rings is 1. The maximum atomic E-state index is 6.01. The highest BCUT2D eigenvalue weighted by molar-refractivity contribution is 9.10. The number of benzene rings is 1. The third kappa shape index (κ3) is 3.55. The Balaban J connectivity index is 2.17. The van der Waals surface area contributed by atoms with Gasteiger partial charge in [-0.3, -0.25) is 4.98 Å². The van der Waals surface area contributed by atoms with E-state index in [0.29, 0.717) is 6.54 Å². The summed E-state index contributed by atoms with van der Waals surface area (Å²) < 4.78 is 0.985. The monoisotopic (exact) mass is 324 g/mol. The van der Waals surface area contributed by atoms with Crippen molar-refractivity contribution in [2.45, 2.75) is 12.3 Å².